The molecule has 0 heterocycles. The first kappa shape index (κ1) is 14.1. The molecule has 0 saturated heterocycles. The van der Waals surface area contributed by atoms with Crippen molar-refractivity contribution in [2.45, 2.75) is 26.7 Å². The third-order valence-corrected chi connectivity index (χ3v) is 3.45. The topological polar surface area (TPSA) is 80.9 Å². The maximum absolute atomic E-state index is 9.71. The molecule has 106 valence electrons. The monoisotopic (exact) mass is 274 g/mol. The highest BCUT2D eigenvalue weighted by molar-refractivity contribution is 5.76. The van der Waals surface area contributed by atoms with Crippen molar-refractivity contribution < 1.29 is 20.4 Å². The fourth-order valence-corrected chi connectivity index (χ4v) is 2.33. The van der Waals surface area contributed by atoms with E-state index < -0.39 is 0 Å². The lowest BCUT2D eigenvalue weighted by atomic mass is 9.92. The van der Waals surface area contributed by atoms with Crippen LogP contribution in [0.1, 0.15) is 25.0 Å². The summed E-state index contributed by atoms with van der Waals surface area (Å²) in [5, 5.41) is 38.6. The van der Waals surface area contributed by atoms with Crippen molar-refractivity contribution in [2.24, 2.45) is 0 Å². The van der Waals surface area contributed by atoms with E-state index in [1.807, 2.05) is 13.8 Å². The minimum absolute atomic E-state index is 0.161. The van der Waals surface area contributed by atoms with Gasteiger partial charge in [-0.05, 0) is 59.4 Å². The predicted octanol–water partition coefficient (Wildman–Crippen LogP) is 3.30. The van der Waals surface area contributed by atoms with Crippen LogP contribution in [0.5, 0.6) is 23.0 Å². The molecule has 4 heteroatoms. The van der Waals surface area contributed by atoms with E-state index >= 15 is 0 Å². The molecular formula is C16H18O4. The molecule has 4 nitrogen and oxygen atoms in total. The zero-order valence-corrected chi connectivity index (χ0v) is 11.5. The van der Waals surface area contributed by atoms with E-state index in [9.17, 15) is 20.4 Å². The highest BCUT2D eigenvalue weighted by Crippen LogP contribution is 2.40. The van der Waals surface area contributed by atoms with Gasteiger partial charge in [0.15, 0.2) is 23.0 Å². The Morgan fingerprint density at radius 1 is 0.600 bits per heavy atom. The van der Waals surface area contributed by atoms with Crippen molar-refractivity contribution in [1.29, 1.82) is 0 Å². The van der Waals surface area contributed by atoms with Gasteiger partial charge in [0.2, 0.25) is 0 Å². The van der Waals surface area contributed by atoms with Gasteiger partial charge in [0.1, 0.15) is 0 Å². The summed E-state index contributed by atoms with van der Waals surface area (Å²) in [6.07, 6.45) is 1.35. The zero-order valence-electron chi connectivity index (χ0n) is 11.5. The summed E-state index contributed by atoms with van der Waals surface area (Å²) >= 11 is 0. The zero-order chi connectivity index (χ0) is 14.9. The Hall–Kier alpha value is -2.36. The molecule has 2 aromatic carbocycles. The van der Waals surface area contributed by atoms with Crippen LogP contribution >= 0.6 is 0 Å². The Labute approximate surface area is 117 Å². The lowest BCUT2D eigenvalue weighted by Gasteiger charge is -2.15. The first-order valence-corrected chi connectivity index (χ1v) is 6.58. The van der Waals surface area contributed by atoms with Crippen LogP contribution in [0.3, 0.4) is 0 Å². The Balaban J connectivity index is 2.73. The highest BCUT2D eigenvalue weighted by Gasteiger charge is 2.14. The van der Waals surface area contributed by atoms with E-state index in [1.165, 1.54) is 24.3 Å². The van der Waals surface area contributed by atoms with E-state index in [0.29, 0.717) is 12.8 Å². The second-order valence-corrected chi connectivity index (χ2v) is 4.70. The molecule has 0 unspecified atom stereocenters. The van der Waals surface area contributed by atoms with Crippen molar-refractivity contribution >= 4 is 0 Å². The minimum atomic E-state index is -0.202. The van der Waals surface area contributed by atoms with Crippen LogP contribution < -0.4 is 0 Å². The molecule has 20 heavy (non-hydrogen) atoms. The van der Waals surface area contributed by atoms with Gasteiger partial charge in [0.05, 0.1) is 0 Å². The third kappa shape index (κ3) is 2.37. The minimum Gasteiger partial charge on any atom is -0.504 e. The maximum Gasteiger partial charge on any atom is 0.158 e. The quantitative estimate of drug-likeness (QED) is 0.647. The number of aromatic hydroxyl groups is 4. The Bertz CT molecular complexity index is 590. The lowest BCUT2D eigenvalue weighted by molar-refractivity contribution is 0.402. The largest absolute Gasteiger partial charge is 0.504 e. The normalized spacial score (nSPS) is 10.7. The summed E-state index contributed by atoms with van der Waals surface area (Å²) in [4.78, 5) is 0. The van der Waals surface area contributed by atoms with Crippen molar-refractivity contribution in [3.8, 4) is 34.1 Å². The van der Waals surface area contributed by atoms with Gasteiger partial charge in [0.25, 0.3) is 0 Å². The summed E-state index contributed by atoms with van der Waals surface area (Å²) in [6.45, 7) is 3.89. The number of hydrogen-bond acceptors (Lipinski definition) is 4. The fourth-order valence-electron chi connectivity index (χ4n) is 2.33. The molecule has 0 aromatic heterocycles. The van der Waals surface area contributed by atoms with E-state index in [1.54, 1.807) is 0 Å². The number of phenolic OH excluding ortho intramolecular Hbond substituents is 4. The number of rotatable bonds is 3. The van der Waals surface area contributed by atoms with Crippen LogP contribution in [0.25, 0.3) is 11.1 Å². The van der Waals surface area contributed by atoms with Gasteiger partial charge in [-0.1, -0.05) is 13.8 Å². The molecule has 0 spiro atoms. The first-order valence-electron chi connectivity index (χ1n) is 6.58. The average molecular weight is 274 g/mol. The van der Waals surface area contributed by atoms with Crippen LogP contribution in [0.2, 0.25) is 0 Å². The van der Waals surface area contributed by atoms with Crippen LogP contribution in [-0.4, -0.2) is 20.4 Å². The summed E-state index contributed by atoms with van der Waals surface area (Å²) in [6, 6.07) is 6.01. The van der Waals surface area contributed by atoms with Gasteiger partial charge in [-0.3, -0.25) is 0 Å². The van der Waals surface area contributed by atoms with E-state index in [-0.39, 0.29) is 23.0 Å². The molecule has 0 aliphatic heterocycles. The molecule has 0 amide bonds. The van der Waals surface area contributed by atoms with Crippen molar-refractivity contribution in [2.75, 3.05) is 0 Å². The van der Waals surface area contributed by atoms with Gasteiger partial charge in [0, 0.05) is 0 Å². The maximum atomic E-state index is 9.71. The molecular weight excluding hydrogens is 256 g/mol. The summed E-state index contributed by atoms with van der Waals surface area (Å²) in [5.74, 6) is -0.725. The van der Waals surface area contributed by atoms with E-state index in [4.69, 9.17) is 0 Å². The van der Waals surface area contributed by atoms with Gasteiger partial charge < -0.3 is 20.4 Å². The molecule has 0 radical (unpaired) electrons. The van der Waals surface area contributed by atoms with Crippen molar-refractivity contribution in [3.63, 3.8) is 0 Å². The lowest BCUT2D eigenvalue weighted by Crippen LogP contribution is -1.93. The molecule has 0 fully saturated rings. The number of hydrogen-bond donors (Lipinski definition) is 4. The standard InChI is InChI=1S/C16H18O4/c1-3-9-5-13(17)15(19)7-11(9)12-8-16(20)14(18)6-10(12)4-2/h5-8,17-20H,3-4H2,1-2H3. The summed E-state index contributed by atoms with van der Waals surface area (Å²) in [5.41, 5.74) is 3.21. The molecule has 2 aromatic rings. The second-order valence-electron chi connectivity index (χ2n) is 4.70. The Morgan fingerprint density at radius 3 is 1.20 bits per heavy atom. The van der Waals surface area contributed by atoms with Crippen LogP contribution in [0.15, 0.2) is 24.3 Å². The fraction of sp³-hybridized carbons (Fsp3) is 0.250. The first-order chi connectivity index (χ1) is 9.47. The van der Waals surface area contributed by atoms with Gasteiger partial charge >= 0.3 is 0 Å². The smallest absolute Gasteiger partial charge is 0.158 e. The SMILES string of the molecule is CCc1cc(O)c(O)cc1-c1cc(O)c(O)cc1CC. The van der Waals surface area contributed by atoms with Crippen LogP contribution in [0.4, 0.5) is 0 Å². The van der Waals surface area contributed by atoms with Crippen LogP contribution in [0, 0.1) is 0 Å². The van der Waals surface area contributed by atoms with E-state index in [2.05, 4.69) is 0 Å². The van der Waals surface area contributed by atoms with Gasteiger partial charge in [-0.15, -0.1) is 0 Å². The predicted molar refractivity (Wildman–Crippen MR) is 77.3 cm³/mol. The second kappa shape index (κ2) is 5.33. The van der Waals surface area contributed by atoms with E-state index in [0.717, 1.165) is 22.3 Å². The Morgan fingerprint density at radius 2 is 0.900 bits per heavy atom. The molecule has 0 bridgehead atoms. The Kier molecular flexibility index (Phi) is 3.74. The van der Waals surface area contributed by atoms with Crippen molar-refractivity contribution in [1.82, 2.24) is 0 Å². The number of phenols is 4. The van der Waals surface area contributed by atoms with Crippen LogP contribution in [-0.2, 0) is 12.8 Å². The summed E-state index contributed by atoms with van der Waals surface area (Å²) < 4.78 is 0. The molecule has 0 saturated carbocycles. The molecule has 0 aliphatic rings. The number of aryl methyl sites for hydroxylation is 2. The molecule has 2 rings (SSSR count). The summed E-state index contributed by atoms with van der Waals surface area (Å²) in [7, 11) is 0. The third-order valence-electron chi connectivity index (χ3n) is 3.45. The molecule has 0 aliphatic carbocycles. The van der Waals surface area contributed by atoms with Gasteiger partial charge in [-0.25, -0.2) is 0 Å². The van der Waals surface area contributed by atoms with Gasteiger partial charge in [-0.2, -0.15) is 0 Å². The molecule has 0 atom stereocenters. The highest BCUT2D eigenvalue weighted by atomic mass is 16.3. The molecule has 4 N–H and O–H groups in total. The average Bonchev–Trinajstić information content (AvgIpc) is 2.43. The number of benzene rings is 2. The van der Waals surface area contributed by atoms with Crippen molar-refractivity contribution in [3.05, 3.63) is 35.4 Å².